The summed E-state index contributed by atoms with van der Waals surface area (Å²) < 4.78 is 9.22. The lowest BCUT2D eigenvalue weighted by Crippen LogP contribution is -2.15. The molecule has 6 aromatic heterocycles. The predicted molar refractivity (Wildman–Crippen MR) is 472 cm³/mol. The minimum absolute atomic E-state index is 0.176. The van der Waals surface area contributed by atoms with Gasteiger partial charge < -0.3 is 0 Å². The minimum Gasteiger partial charge on any atom is -0.278 e. The van der Waals surface area contributed by atoms with Crippen molar-refractivity contribution in [2.45, 2.75) is 19.3 Å². The van der Waals surface area contributed by atoms with Gasteiger partial charge in [0, 0.05) is 48.5 Å². The fourth-order valence-electron chi connectivity index (χ4n) is 19.1. The van der Waals surface area contributed by atoms with Crippen LogP contribution in [0.3, 0.4) is 0 Å². The maximum atomic E-state index is 5.46. The molecule has 0 saturated carbocycles. The first kappa shape index (κ1) is 63.1. The summed E-state index contributed by atoms with van der Waals surface area (Å²) in [7, 11) is 0. The molecule has 0 aliphatic heterocycles. The zero-order valence-corrected chi connectivity index (χ0v) is 61.7. The number of benzene rings is 18. The van der Waals surface area contributed by atoms with Gasteiger partial charge in [0.1, 0.15) is 11.3 Å². The Kier molecular flexibility index (Phi) is 13.4. The van der Waals surface area contributed by atoms with Crippen molar-refractivity contribution in [3.8, 4) is 67.5 Å². The molecule has 0 atom stereocenters. The average Bonchev–Trinajstić information content (AvgIpc) is 1.55. The molecule has 0 N–H and O–H groups in total. The summed E-state index contributed by atoms with van der Waals surface area (Å²) in [6.45, 7) is 4.77. The third-order valence-electron chi connectivity index (χ3n) is 24.3. The van der Waals surface area contributed by atoms with E-state index in [0.29, 0.717) is 0 Å². The molecule has 8 heteroatoms. The van der Waals surface area contributed by atoms with Crippen molar-refractivity contribution in [3.05, 3.63) is 375 Å². The molecule has 0 amide bonds. The summed E-state index contributed by atoms with van der Waals surface area (Å²) in [5.41, 5.74) is 27.1. The molecule has 0 radical (unpaired) electrons. The fraction of sp³-hybridized carbons (Fsp3) is 0.0286. The molecule has 113 heavy (non-hydrogen) atoms. The Labute approximate surface area is 648 Å². The number of aromatic nitrogens is 8. The van der Waals surface area contributed by atoms with E-state index in [1.54, 1.807) is 0 Å². The molecule has 24 aromatic rings. The van der Waals surface area contributed by atoms with Crippen molar-refractivity contribution in [2.24, 2.45) is 0 Å². The van der Waals surface area contributed by atoms with Gasteiger partial charge in [0.15, 0.2) is 0 Å². The zero-order valence-electron chi connectivity index (χ0n) is 61.7. The van der Waals surface area contributed by atoms with E-state index in [0.717, 1.165) is 89.1 Å². The first-order chi connectivity index (χ1) is 55.8. The fourth-order valence-corrected chi connectivity index (χ4v) is 19.1. The summed E-state index contributed by atoms with van der Waals surface area (Å²) in [6, 6.07) is 132. The van der Waals surface area contributed by atoms with Gasteiger partial charge in [-0.2, -0.15) is 0 Å². The first-order valence-electron chi connectivity index (χ1n) is 38.8. The van der Waals surface area contributed by atoms with E-state index in [9.17, 15) is 0 Å². The second-order valence-corrected chi connectivity index (χ2v) is 30.8. The van der Waals surface area contributed by atoms with E-state index >= 15 is 0 Å². The standard InChI is InChI=1S/C55H36N4.C50H30N4/c1-55(2)46-30-36(35-24-23-33-13-3-4-14-34(33)29-35)25-27-39(46)40-28-26-37(31-47(40)55)44-32-45-41-16-8-11-21-50(41)58(52(45)42-17-6-5-15-38(42)44)54-57-48-19-9-7-18-43(48)53-56-49-20-10-12-22-51(49)59(53)54;1-2-14-34-33(13-1)29-41(36-16-4-3-15-35(34)36)31-25-27-32(28-26-31)42-30-43-38-18-8-11-23-46(38)53(48(43)39-19-6-5-17-37(39)42)50-52-44-21-9-7-20-40(44)49-51-45-22-10-12-24-47(45)54(49)50/h3-32H,1-2H3;1-30H. The predicted octanol–water partition coefficient (Wildman–Crippen LogP) is 27.0. The number of hydrogen-bond donors (Lipinski definition) is 0. The molecular formula is C105H66N8. The number of nitrogens with zero attached hydrogens (tertiary/aromatic N) is 8. The van der Waals surface area contributed by atoms with Gasteiger partial charge in [-0.3, -0.25) is 17.9 Å². The van der Waals surface area contributed by atoms with Crippen LogP contribution in [-0.2, 0) is 5.41 Å². The number of imidazole rings is 2. The smallest absolute Gasteiger partial charge is 0.221 e. The minimum atomic E-state index is -0.176. The molecule has 0 fully saturated rings. The summed E-state index contributed by atoms with van der Waals surface area (Å²) in [4.78, 5) is 21.2. The van der Waals surface area contributed by atoms with Crippen LogP contribution in [0, 0.1) is 0 Å². The molecule has 18 aromatic carbocycles. The van der Waals surface area contributed by atoms with E-state index in [2.05, 4.69) is 396 Å². The van der Waals surface area contributed by atoms with Crippen molar-refractivity contribution in [3.63, 3.8) is 0 Å². The quantitative estimate of drug-likeness (QED) is 0.156. The molecular weight excluding hydrogens is 1370 g/mol. The number of para-hydroxylation sites is 8. The number of hydrogen-bond acceptors (Lipinski definition) is 4. The van der Waals surface area contributed by atoms with Gasteiger partial charge in [0.05, 0.1) is 55.2 Å². The lowest BCUT2D eigenvalue weighted by Gasteiger charge is -2.23. The molecule has 0 unspecified atom stereocenters. The van der Waals surface area contributed by atoms with E-state index in [1.165, 1.54) is 142 Å². The number of fused-ring (bicyclic) bond motifs is 27. The van der Waals surface area contributed by atoms with Crippen molar-refractivity contribution >= 4 is 153 Å². The third kappa shape index (κ3) is 9.32. The van der Waals surface area contributed by atoms with Crippen LogP contribution in [0.25, 0.3) is 220 Å². The highest BCUT2D eigenvalue weighted by molar-refractivity contribution is 6.24. The maximum absolute atomic E-state index is 5.46. The summed E-state index contributed by atoms with van der Waals surface area (Å²) in [5, 5.41) is 19.2. The van der Waals surface area contributed by atoms with Crippen molar-refractivity contribution in [2.75, 3.05) is 0 Å². The Morgan fingerprint density at radius 2 is 0.566 bits per heavy atom. The molecule has 8 nitrogen and oxygen atoms in total. The zero-order chi connectivity index (χ0) is 74.3. The van der Waals surface area contributed by atoms with Crippen LogP contribution in [0.15, 0.2) is 364 Å². The van der Waals surface area contributed by atoms with Crippen molar-refractivity contribution < 1.29 is 0 Å². The topological polar surface area (TPSA) is 70.2 Å². The van der Waals surface area contributed by atoms with E-state index < -0.39 is 0 Å². The van der Waals surface area contributed by atoms with Crippen molar-refractivity contribution in [1.29, 1.82) is 0 Å². The molecule has 25 rings (SSSR count). The second-order valence-electron chi connectivity index (χ2n) is 30.8. The largest absolute Gasteiger partial charge is 0.278 e. The molecule has 1 aliphatic carbocycles. The molecule has 1 aliphatic rings. The van der Waals surface area contributed by atoms with Gasteiger partial charge in [-0.25, -0.2) is 19.9 Å². The number of rotatable bonds is 6. The van der Waals surface area contributed by atoms with Gasteiger partial charge >= 0.3 is 0 Å². The second kappa shape index (κ2) is 24.1. The van der Waals surface area contributed by atoms with Crippen LogP contribution < -0.4 is 0 Å². The van der Waals surface area contributed by atoms with Gasteiger partial charge in [0.2, 0.25) is 11.9 Å². The Morgan fingerprint density at radius 3 is 1.10 bits per heavy atom. The highest BCUT2D eigenvalue weighted by Crippen LogP contribution is 2.53. The average molecular weight is 1440 g/mol. The lowest BCUT2D eigenvalue weighted by molar-refractivity contribution is 0.661. The molecule has 0 spiro atoms. The van der Waals surface area contributed by atoms with Crippen LogP contribution in [0.4, 0.5) is 0 Å². The summed E-state index contributed by atoms with van der Waals surface area (Å²) >= 11 is 0. The van der Waals surface area contributed by atoms with E-state index in [-0.39, 0.29) is 5.41 Å². The van der Waals surface area contributed by atoms with Crippen LogP contribution in [-0.4, -0.2) is 37.9 Å². The van der Waals surface area contributed by atoms with Crippen molar-refractivity contribution in [1.82, 2.24) is 37.9 Å². The van der Waals surface area contributed by atoms with Gasteiger partial charge in [0.25, 0.3) is 0 Å². The Balaban J connectivity index is 0.000000131. The normalized spacial score (nSPS) is 12.8. The van der Waals surface area contributed by atoms with Gasteiger partial charge in [-0.15, -0.1) is 0 Å². The van der Waals surface area contributed by atoms with Gasteiger partial charge in [-0.1, -0.05) is 281 Å². The van der Waals surface area contributed by atoms with Crippen LogP contribution >= 0.6 is 0 Å². The monoisotopic (exact) mass is 1440 g/mol. The lowest BCUT2D eigenvalue weighted by atomic mass is 9.80. The molecule has 0 saturated heterocycles. The molecule has 0 bridgehead atoms. The SMILES string of the molecule is CC1(C)c2cc(-c3ccc4ccccc4c3)ccc2-c2ccc(-c3cc4c5ccccc5n(-c5nc6ccccc6c6nc7ccccc7n56)c4c4ccccc34)cc21.c1ccc2c(c1)cc(-c1ccc(-c3cc4c5ccccc5n(-c5nc6ccccc6c6nc7ccccc7n56)c4c4ccccc34)cc1)c1ccccc12. The highest BCUT2D eigenvalue weighted by atomic mass is 15.2. The van der Waals surface area contributed by atoms with Crippen LogP contribution in [0.1, 0.15) is 25.0 Å². The maximum Gasteiger partial charge on any atom is 0.221 e. The van der Waals surface area contributed by atoms with E-state index in [1.807, 2.05) is 0 Å². The molecule has 526 valence electrons. The van der Waals surface area contributed by atoms with Crippen LogP contribution in [0.2, 0.25) is 0 Å². The Bertz CT molecular complexity index is 8230. The Hall–Kier alpha value is -14.9. The summed E-state index contributed by atoms with van der Waals surface area (Å²) in [6.07, 6.45) is 0. The third-order valence-corrected chi connectivity index (χ3v) is 24.3. The van der Waals surface area contributed by atoms with Crippen LogP contribution in [0.5, 0.6) is 0 Å². The summed E-state index contributed by atoms with van der Waals surface area (Å²) in [5.74, 6) is 1.66. The van der Waals surface area contributed by atoms with Gasteiger partial charge in [-0.05, 0) is 207 Å². The highest BCUT2D eigenvalue weighted by Gasteiger charge is 2.37. The first-order valence-corrected chi connectivity index (χ1v) is 38.8. The molecule has 6 heterocycles. The van der Waals surface area contributed by atoms with E-state index in [4.69, 9.17) is 19.9 Å². The Morgan fingerprint density at radius 1 is 0.212 bits per heavy atom.